The van der Waals surface area contributed by atoms with E-state index in [-0.39, 0.29) is 18.2 Å². The van der Waals surface area contributed by atoms with E-state index in [1.54, 1.807) is 17.3 Å². The highest BCUT2D eigenvalue weighted by Gasteiger charge is 2.29. The zero-order chi connectivity index (χ0) is 35.6. The molecular formula is C44H48N4O3. The van der Waals surface area contributed by atoms with Crippen LogP contribution in [0, 0.1) is 0 Å². The van der Waals surface area contributed by atoms with Gasteiger partial charge >= 0.3 is 12.1 Å². The number of nitrogens with zero attached hydrogens (tertiary/aromatic N) is 3. The molecule has 0 saturated heterocycles. The van der Waals surface area contributed by atoms with Gasteiger partial charge in [-0.1, -0.05) is 116 Å². The third-order valence-corrected chi connectivity index (χ3v) is 9.24. The number of rotatable bonds is 10. The lowest BCUT2D eigenvalue weighted by atomic mass is 9.94. The molecule has 7 nitrogen and oxygen atoms in total. The molecule has 1 heterocycles. The fourth-order valence-electron chi connectivity index (χ4n) is 6.57. The fourth-order valence-corrected chi connectivity index (χ4v) is 6.57. The Labute approximate surface area is 302 Å². The van der Waals surface area contributed by atoms with E-state index in [2.05, 4.69) is 71.0 Å². The van der Waals surface area contributed by atoms with Crippen LogP contribution in [-0.2, 0) is 24.4 Å². The molecule has 4 aromatic carbocycles. The van der Waals surface area contributed by atoms with Gasteiger partial charge in [-0.2, -0.15) is 0 Å². The molecule has 7 heteroatoms. The summed E-state index contributed by atoms with van der Waals surface area (Å²) in [5, 5.41) is 3.09. The van der Waals surface area contributed by atoms with Crippen molar-refractivity contribution in [1.29, 1.82) is 0 Å². The summed E-state index contributed by atoms with van der Waals surface area (Å²) >= 11 is 0. The van der Waals surface area contributed by atoms with Crippen LogP contribution in [0.25, 0.3) is 22.3 Å². The molecule has 0 spiro atoms. The van der Waals surface area contributed by atoms with Crippen molar-refractivity contribution in [2.75, 3.05) is 5.32 Å². The van der Waals surface area contributed by atoms with Gasteiger partial charge in [-0.25, -0.2) is 9.59 Å². The number of carbonyl (C=O) groups excluding carboxylic acids is 2. The van der Waals surface area contributed by atoms with Crippen LogP contribution in [0.2, 0.25) is 0 Å². The molecular weight excluding hydrogens is 633 g/mol. The van der Waals surface area contributed by atoms with Crippen LogP contribution in [0.5, 0.6) is 0 Å². The molecule has 0 atom stereocenters. The van der Waals surface area contributed by atoms with E-state index in [0.717, 1.165) is 70.3 Å². The molecule has 0 radical (unpaired) electrons. The van der Waals surface area contributed by atoms with E-state index in [1.165, 1.54) is 6.42 Å². The normalized spacial score (nSPS) is 13.3. The standard InChI is InChI=1S/C44H48N4O3/c1-44(2,3)51-43(50)48(41-14-8-5-9-15-41)32-34-18-22-38(23-19-34)37-20-16-33(17-21-37)30-47(31-35-11-10-28-45-29-35)42(49)46-40-26-24-39(25-27-40)36-12-6-4-7-13-36/h4,6-7,10-13,16-29,41H,5,8-9,14-15,30-32H2,1-3H3,(H,46,49). The lowest BCUT2D eigenvalue weighted by Gasteiger charge is -2.35. The Hall–Kier alpha value is -5.43. The summed E-state index contributed by atoms with van der Waals surface area (Å²) in [5.41, 5.74) is 7.67. The SMILES string of the molecule is CC(C)(C)OC(=O)N(Cc1ccc(-c2ccc(CN(Cc3cccnc3)C(=O)Nc3ccc(-c4ccccc4)cc3)cc2)cc1)C1CCCCC1. The summed E-state index contributed by atoms with van der Waals surface area (Å²) in [6, 6.07) is 38.8. The molecule has 1 N–H and O–H groups in total. The van der Waals surface area contributed by atoms with Gasteiger partial charge in [0, 0.05) is 43.8 Å². The molecule has 262 valence electrons. The largest absolute Gasteiger partial charge is 0.444 e. The predicted molar refractivity (Wildman–Crippen MR) is 205 cm³/mol. The minimum absolute atomic E-state index is 0.181. The van der Waals surface area contributed by atoms with Gasteiger partial charge in [0.2, 0.25) is 0 Å². The number of hydrogen-bond donors (Lipinski definition) is 1. The Morgan fingerprint density at radius 2 is 1.22 bits per heavy atom. The quantitative estimate of drug-likeness (QED) is 0.159. The maximum Gasteiger partial charge on any atom is 0.410 e. The lowest BCUT2D eigenvalue weighted by Crippen LogP contribution is -2.43. The number of hydrogen-bond acceptors (Lipinski definition) is 4. The van der Waals surface area contributed by atoms with Crippen molar-refractivity contribution in [3.05, 3.63) is 144 Å². The highest BCUT2D eigenvalue weighted by atomic mass is 16.6. The highest BCUT2D eigenvalue weighted by molar-refractivity contribution is 5.89. The molecule has 6 rings (SSSR count). The zero-order valence-electron chi connectivity index (χ0n) is 29.9. The summed E-state index contributed by atoms with van der Waals surface area (Å²) in [7, 11) is 0. The molecule has 0 aliphatic heterocycles. The van der Waals surface area contributed by atoms with Crippen molar-refractivity contribution in [2.45, 2.75) is 84.2 Å². The molecule has 1 aromatic heterocycles. The van der Waals surface area contributed by atoms with Crippen molar-refractivity contribution in [3.8, 4) is 22.3 Å². The Kier molecular flexibility index (Phi) is 11.5. The Bertz CT molecular complexity index is 1850. The Morgan fingerprint density at radius 3 is 1.78 bits per heavy atom. The smallest absolute Gasteiger partial charge is 0.410 e. The van der Waals surface area contributed by atoms with E-state index >= 15 is 0 Å². The summed E-state index contributed by atoms with van der Waals surface area (Å²) in [4.78, 5) is 34.9. The molecule has 0 bridgehead atoms. The number of benzene rings is 4. The first-order chi connectivity index (χ1) is 24.7. The maximum absolute atomic E-state index is 13.6. The highest BCUT2D eigenvalue weighted by Crippen LogP contribution is 2.28. The third-order valence-electron chi connectivity index (χ3n) is 9.24. The summed E-state index contributed by atoms with van der Waals surface area (Å²) < 4.78 is 5.81. The van der Waals surface area contributed by atoms with Crippen molar-refractivity contribution in [3.63, 3.8) is 0 Å². The van der Waals surface area contributed by atoms with E-state index < -0.39 is 5.60 Å². The molecule has 1 aliphatic rings. The predicted octanol–water partition coefficient (Wildman–Crippen LogP) is 10.7. The van der Waals surface area contributed by atoms with Gasteiger partial charge in [-0.15, -0.1) is 0 Å². The number of nitrogens with one attached hydrogen (secondary N) is 1. The molecule has 0 unspecified atom stereocenters. The van der Waals surface area contributed by atoms with Gasteiger partial charge in [-0.05, 0) is 90.8 Å². The molecule has 5 aromatic rings. The average molecular weight is 681 g/mol. The van der Waals surface area contributed by atoms with E-state index in [0.29, 0.717) is 19.6 Å². The summed E-state index contributed by atoms with van der Waals surface area (Å²) in [6.45, 7) is 7.15. The number of aromatic nitrogens is 1. The van der Waals surface area contributed by atoms with Gasteiger partial charge in [0.25, 0.3) is 0 Å². The first-order valence-electron chi connectivity index (χ1n) is 18.0. The fraction of sp³-hybridized carbons (Fsp3) is 0.295. The van der Waals surface area contributed by atoms with Crippen LogP contribution in [0.15, 0.2) is 128 Å². The number of urea groups is 1. The first kappa shape index (κ1) is 35.4. The summed E-state index contributed by atoms with van der Waals surface area (Å²) in [5.74, 6) is 0. The van der Waals surface area contributed by atoms with Crippen molar-refractivity contribution in [2.24, 2.45) is 0 Å². The second kappa shape index (κ2) is 16.5. The van der Waals surface area contributed by atoms with Crippen LogP contribution in [0.1, 0.15) is 69.6 Å². The molecule has 1 fully saturated rings. The summed E-state index contributed by atoms with van der Waals surface area (Å²) in [6.07, 6.45) is 8.86. The minimum atomic E-state index is -0.533. The minimum Gasteiger partial charge on any atom is -0.444 e. The topological polar surface area (TPSA) is 74.8 Å². The van der Waals surface area contributed by atoms with Crippen LogP contribution in [0.3, 0.4) is 0 Å². The number of pyridine rings is 1. The van der Waals surface area contributed by atoms with Crippen molar-refractivity contribution >= 4 is 17.8 Å². The van der Waals surface area contributed by atoms with Crippen LogP contribution in [-0.4, -0.2) is 38.6 Å². The second-order valence-corrected chi connectivity index (χ2v) is 14.4. The average Bonchev–Trinajstić information content (AvgIpc) is 3.15. The number of anilines is 1. The van der Waals surface area contributed by atoms with Gasteiger partial charge in [0.05, 0.1) is 0 Å². The van der Waals surface area contributed by atoms with Gasteiger partial charge in [0.1, 0.15) is 5.60 Å². The second-order valence-electron chi connectivity index (χ2n) is 14.4. The van der Waals surface area contributed by atoms with E-state index in [1.807, 2.05) is 80.3 Å². The monoisotopic (exact) mass is 680 g/mol. The van der Waals surface area contributed by atoms with Crippen LogP contribution >= 0.6 is 0 Å². The Morgan fingerprint density at radius 1 is 0.667 bits per heavy atom. The molecule has 1 aliphatic carbocycles. The molecule has 51 heavy (non-hydrogen) atoms. The van der Waals surface area contributed by atoms with E-state index in [9.17, 15) is 9.59 Å². The number of ether oxygens (including phenoxy) is 1. The van der Waals surface area contributed by atoms with Gasteiger partial charge < -0.3 is 19.9 Å². The van der Waals surface area contributed by atoms with Gasteiger partial charge in [0.15, 0.2) is 0 Å². The van der Waals surface area contributed by atoms with Crippen molar-refractivity contribution < 1.29 is 14.3 Å². The number of amides is 3. The number of carbonyl (C=O) groups is 2. The maximum atomic E-state index is 13.6. The zero-order valence-corrected chi connectivity index (χ0v) is 29.9. The first-order valence-corrected chi connectivity index (χ1v) is 18.0. The molecule has 3 amide bonds. The van der Waals surface area contributed by atoms with Crippen LogP contribution < -0.4 is 5.32 Å². The van der Waals surface area contributed by atoms with Crippen LogP contribution in [0.4, 0.5) is 15.3 Å². The lowest BCUT2D eigenvalue weighted by molar-refractivity contribution is 0.00988. The van der Waals surface area contributed by atoms with Gasteiger partial charge in [-0.3, -0.25) is 4.98 Å². The Balaban J connectivity index is 1.12. The van der Waals surface area contributed by atoms with Crippen molar-refractivity contribution in [1.82, 2.24) is 14.8 Å². The third kappa shape index (κ3) is 10.1. The molecule has 1 saturated carbocycles. The van der Waals surface area contributed by atoms with E-state index in [4.69, 9.17) is 4.74 Å².